The Morgan fingerprint density at radius 3 is 2.56 bits per heavy atom. The van der Waals surface area contributed by atoms with Gasteiger partial charge in [-0.05, 0) is 61.6 Å². The van der Waals surface area contributed by atoms with Crippen LogP contribution in [0, 0.1) is 23.6 Å². The van der Waals surface area contributed by atoms with E-state index in [0.717, 1.165) is 17.4 Å². The van der Waals surface area contributed by atoms with Crippen molar-refractivity contribution in [1.82, 2.24) is 10.2 Å². The van der Waals surface area contributed by atoms with Gasteiger partial charge in [0.25, 0.3) is 0 Å². The summed E-state index contributed by atoms with van der Waals surface area (Å²) in [6, 6.07) is 6.04. The molecule has 25 heavy (non-hydrogen) atoms. The zero-order valence-corrected chi connectivity index (χ0v) is 14.8. The van der Waals surface area contributed by atoms with E-state index in [4.69, 9.17) is 0 Å². The largest absolute Gasteiger partial charge is 0.350 e. The zero-order chi connectivity index (χ0) is 17.8. The smallest absolute Gasteiger partial charge is 0.239 e. The van der Waals surface area contributed by atoms with Crippen LogP contribution in [0.3, 0.4) is 0 Å². The molecule has 5 heteroatoms. The maximum absolute atomic E-state index is 12.9. The molecule has 0 heterocycles. The van der Waals surface area contributed by atoms with Crippen molar-refractivity contribution in [2.24, 2.45) is 17.8 Å². The number of rotatable bonds is 7. The molecule has 3 rings (SSSR count). The summed E-state index contributed by atoms with van der Waals surface area (Å²) in [7, 11) is 0. The van der Waals surface area contributed by atoms with Gasteiger partial charge >= 0.3 is 0 Å². The van der Waals surface area contributed by atoms with Crippen LogP contribution in [0.4, 0.5) is 4.39 Å². The monoisotopic (exact) mass is 346 g/mol. The van der Waals surface area contributed by atoms with E-state index in [-0.39, 0.29) is 24.2 Å². The van der Waals surface area contributed by atoms with Gasteiger partial charge in [0.15, 0.2) is 0 Å². The maximum atomic E-state index is 12.9. The van der Waals surface area contributed by atoms with E-state index in [9.17, 15) is 14.0 Å². The number of fused-ring (bicyclic) bond motifs is 2. The average molecular weight is 346 g/mol. The summed E-state index contributed by atoms with van der Waals surface area (Å²) < 4.78 is 12.9. The Morgan fingerprint density at radius 2 is 1.96 bits per heavy atom. The second kappa shape index (κ2) is 7.98. The van der Waals surface area contributed by atoms with Crippen molar-refractivity contribution in [1.29, 1.82) is 0 Å². The highest BCUT2D eigenvalue weighted by atomic mass is 19.1. The lowest BCUT2D eigenvalue weighted by Crippen LogP contribution is -2.41. The Kier molecular flexibility index (Phi) is 5.71. The highest BCUT2D eigenvalue weighted by Crippen LogP contribution is 2.49. The number of carbonyl (C=O) groups is 2. The van der Waals surface area contributed by atoms with Gasteiger partial charge in [-0.1, -0.05) is 18.6 Å². The summed E-state index contributed by atoms with van der Waals surface area (Å²) in [4.78, 5) is 26.3. The third kappa shape index (κ3) is 4.59. The first kappa shape index (κ1) is 17.9. The van der Waals surface area contributed by atoms with E-state index in [0.29, 0.717) is 25.4 Å². The molecule has 3 unspecified atom stereocenters. The van der Waals surface area contributed by atoms with Crippen LogP contribution in [0.1, 0.15) is 44.6 Å². The molecule has 0 aliphatic heterocycles. The Hall–Kier alpha value is -1.91. The first-order valence-corrected chi connectivity index (χ1v) is 9.34. The predicted octanol–water partition coefficient (Wildman–Crippen LogP) is 3.12. The fraction of sp³-hybridized carbons (Fsp3) is 0.600. The maximum Gasteiger partial charge on any atom is 0.239 e. The number of nitrogens with zero attached hydrogens (tertiary/aromatic N) is 1. The van der Waals surface area contributed by atoms with E-state index >= 15 is 0 Å². The number of likely N-dealkylation sites (N-methyl/N-ethyl adjacent to an activating group) is 1. The van der Waals surface area contributed by atoms with E-state index in [1.807, 2.05) is 6.92 Å². The third-order valence-electron chi connectivity index (χ3n) is 5.79. The second-order valence-corrected chi connectivity index (χ2v) is 7.45. The topological polar surface area (TPSA) is 49.4 Å². The van der Waals surface area contributed by atoms with Crippen molar-refractivity contribution in [3.63, 3.8) is 0 Å². The molecule has 0 saturated heterocycles. The summed E-state index contributed by atoms with van der Waals surface area (Å²) in [5.41, 5.74) is 0.839. The van der Waals surface area contributed by atoms with Crippen molar-refractivity contribution in [3.8, 4) is 0 Å². The van der Waals surface area contributed by atoms with Crippen molar-refractivity contribution < 1.29 is 14.0 Å². The summed E-state index contributed by atoms with van der Waals surface area (Å²) in [6.07, 6.45) is 5.67. The summed E-state index contributed by atoms with van der Waals surface area (Å²) in [6.45, 7) is 2.89. The van der Waals surface area contributed by atoms with Gasteiger partial charge in [0, 0.05) is 19.5 Å². The summed E-state index contributed by atoms with van der Waals surface area (Å²) in [5.74, 6) is 1.70. The van der Waals surface area contributed by atoms with Crippen molar-refractivity contribution in [3.05, 3.63) is 35.6 Å². The molecule has 3 atom stereocenters. The number of halogens is 1. The molecule has 0 aromatic heterocycles. The van der Waals surface area contributed by atoms with Gasteiger partial charge in [-0.2, -0.15) is 0 Å². The summed E-state index contributed by atoms with van der Waals surface area (Å²) in [5, 5.41) is 2.80. The lowest BCUT2D eigenvalue weighted by atomic mass is 9.86. The molecule has 2 amide bonds. The van der Waals surface area contributed by atoms with Gasteiger partial charge in [-0.15, -0.1) is 0 Å². The van der Waals surface area contributed by atoms with Crippen LogP contribution in [0.15, 0.2) is 24.3 Å². The van der Waals surface area contributed by atoms with E-state index < -0.39 is 0 Å². The molecule has 2 aliphatic rings. The molecular formula is C20H27FN2O2. The van der Waals surface area contributed by atoms with Gasteiger partial charge < -0.3 is 10.2 Å². The van der Waals surface area contributed by atoms with Crippen LogP contribution >= 0.6 is 0 Å². The minimum atomic E-state index is -0.293. The quantitative estimate of drug-likeness (QED) is 0.825. The van der Waals surface area contributed by atoms with Gasteiger partial charge in [0.2, 0.25) is 11.8 Å². The zero-order valence-electron chi connectivity index (χ0n) is 14.8. The number of hydrogen-bond donors (Lipinski definition) is 1. The van der Waals surface area contributed by atoms with Crippen molar-refractivity contribution in [2.45, 2.75) is 45.6 Å². The van der Waals surface area contributed by atoms with Gasteiger partial charge in [0.1, 0.15) is 5.82 Å². The number of benzene rings is 1. The lowest BCUT2D eigenvalue weighted by Gasteiger charge is -2.26. The third-order valence-corrected chi connectivity index (χ3v) is 5.79. The van der Waals surface area contributed by atoms with Crippen LogP contribution < -0.4 is 5.32 Å². The van der Waals surface area contributed by atoms with Crippen LogP contribution in [-0.2, 0) is 16.1 Å². The van der Waals surface area contributed by atoms with E-state index in [1.54, 1.807) is 17.0 Å². The van der Waals surface area contributed by atoms with Gasteiger partial charge in [-0.3, -0.25) is 9.59 Å². The predicted molar refractivity (Wildman–Crippen MR) is 94.1 cm³/mol. The van der Waals surface area contributed by atoms with E-state index in [2.05, 4.69) is 5.32 Å². The highest BCUT2D eigenvalue weighted by Gasteiger charge is 2.40. The first-order valence-electron chi connectivity index (χ1n) is 9.34. The molecule has 4 nitrogen and oxygen atoms in total. The average Bonchev–Trinajstić information content (AvgIpc) is 3.22. The molecule has 2 aliphatic carbocycles. The van der Waals surface area contributed by atoms with Crippen molar-refractivity contribution in [2.75, 3.05) is 13.1 Å². The highest BCUT2D eigenvalue weighted by molar-refractivity contribution is 5.84. The molecule has 1 aromatic rings. The van der Waals surface area contributed by atoms with Crippen LogP contribution in [0.2, 0.25) is 0 Å². The molecule has 2 saturated carbocycles. The number of hydrogen-bond acceptors (Lipinski definition) is 2. The molecule has 136 valence electrons. The lowest BCUT2D eigenvalue weighted by molar-refractivity contribution is -0.137. The fourth-order valence-electron chi connectivity index (χ4n) is 4.39. The van der Waals surface area contributed by atoms with E-state index in [1.165, 1.54) is 37.8 Å². The summed E-state index contributed by atoms with van der Waals surface area (Å²) >= 11 is 0. The molecule has 1 N–H and O–H groups in total. The molecule has 1 aromatic carbocycles. The van der Waals surface area contributed by atoms with Crippen LogP contribution in [0.25, 0.3) is 0 Å². The molecular weight excluding hydrogens is 319 g/mol. The minimum absolute atomic E-state index is 0.0944. The van der Waals surface area contributed by atoms with Gasteiger partial charge in [0.05, 0.1) is 6.54 Å². The first-order chi connectivity index (χ1) is 12.0. The van der Waals surface area contributed by atoms with Crippen LogP contribution in [-0.4, -0.2) is 29.8 Å². The molecule has 2 fully saturated rings. The Balaban J connectivity index is 1.44. The second-order valence-electron chi connectivity index (χ2n) is 7.45. The molecule has 0 spiro atoms. The molecule has 2 bridgehead atoms. The van der Waals surface area contributed by atoms with Crippen LogP contribution in [0.5, 0.6) is 0 Å². The Bertz CT molecular complexity index is 617. The fourth-order valence-corrected chi connectivity index (χ4v) is 4.39. The van der Waals surface area contributed by atoms with Crippen molar-refractivity contribution >= 4 is 11.8 Å². The normalized spacial score (nSPS) is 24.3. The SMILES string of the molecule is CCN(CC(=O)NCc1ccc(F)cc1)C(=O)CC1CC2CCC1C2. The number of nitrogens with one attached hydrogen (secondary N) is 1. The number of amides is 2. The Labute approximate surface area is 148 Å². The van der Waals surface area contributed by atoms with Gasteiger partial charge in [-0.25, -0.2) is 4.39 Å². The Morgan fingerprint density at radius 1 is 1.20 bits per heavy atom. The molecule has 0 radical (unpaired) electrons. The minimum Gasteiger partial charge on any atom is -0.350 e. The standard InChI is InChI=1S/C20H27FN2O2/c1-2-23(20(25)11-17-10-15-3-6-16(17)9-15)13-19(24)22-12-14-4-7-18(21)8-5-14/h4-5,7-8,15-17H,2-3,6,9-13H2,1H3,(H,22,24). The number of carbonyl (C=O) groups excluding carboxylic acids is 2.